The first kappa shape index (κ1) is 14.4. The van der Waals surface area contributed by atoms with Crippen LogP contribution in [-0.4, -0.2) is 46.6 Å². The average molecular weight is 258 g/mol. The Morgan fingerprint density at radius 1 is 1.22 bits per heavy atom. The van der Waals surface area contributed by atoms with Crippen molar-refractivity contribution >= 4 is 17.8 Å². The molecule has 3 N–H and O–H groups in total. The molecule has 1 fully saturated rings. The van der Waals surface area contributed by atoms with Crippen LogP contribution in [-0.2, 0) is 14.4 Å². The minimum Gasteiger partial charge on any atom is -0.480 e. The summed E-state index contributed by atoms with van der Waals surface area (Å²) in [6.45, 7) is -0.357. The second kappa shape index (κ2) is 5.81. The zero-order valence-electron chi connectivity index (χ0n) is 10.3. The Morgan fingerprint density at radius 2 is 1.78 bits per heavy atom. The summed E-state index contributed by atoms with van der Waals surface area (Å²) in [7, 11) is 1.36. The van der Waals surface area contributed by atoms with E-state index in [9.17, 15) is 19.5 Å². The van der Waals surface area contributed by atoms with E-state index in [4.69, 9.17) is 5.21 Å². The molecule has 0 saturated heterocycles. The van der Waals surface area contributed by atoms with E-state index in [0.717, 1.165) is 11.3 Å². The second-order valence-electron chi connectivity index (χ2n) is 4.64. The summed E-state index contributed by atoms with van der Waals surface area (Å²) >= 11 is 0. The van der Waals surface area contributed by atoms with Gasteiger partial charge < -0.3 is 10.0 Å². The van der Waals surface area contributed by atoms with Crippen molar-refractivity contribution in [1.82, 2.24) is 10.4 Å². The summed E-state index contributed by atoms with van der Waals surface area (Å²) < 4.78 is 0. The summed E-state index contributed by atoms with van der Waals surface area (Å²) in [6, 6.07) is 0. The minimum absolute atomic E-state index is 0.298. The predicted octanol–water partition coefficient (Wildman–Crippen LogP) is -0.0147. The summed E-state index contributed by atoms with van der Waals surface area (Å²) in [5, 5.41) is 17.7. The molecule has 0 aliphatic heterocycles. The fourth-order valence-electron chi connectivity index (χ4n) is 2.36. The van der Waals surface area contributed by atoms with Crippen molar-refractivity contribution in [2.75, 3.05) is 13.6 Å². The summed E-state index contributed by atoms with van der Waals surface area (Å²) in [5.41, 5.74) is 0.00122. The topological polar surface area (TPSA) is 107 Å². The van der Waals surface area contributed by atoms with Crippen LogP contribution in [0.2, 0.25) is 0 Å². The summed E-state index contributed by atoms with van der Waals surface area (Å²) in [4.78, 5) is 35.6. The van der Waals surface area contributed by atoms with Crippen LogP contribution in [0.1, 0.15) is 32.1 Å². The molecule has 102 valence electrons. The monoisotopic (exact) mass is 258 g/mol. The first-order valence-corrected chi connectivity index (χ1v) is 5.86. The molecular weight excluding hydrogens is 240 g/mol. The van der Waals surface area contributed by atoms with Crippen LogP contribution in [0, 0.1) is 5.41 Å². The lowest BCUT2D eigenvalue weighted by atomic mass is 9.73. The number of nitrogens with zero attached hydrogens (tertiary/aromatic N) is 1. The van der Waals surface area contributed by atoms with E-state index in [1.165, 1.54) is 12.5 Å². The molecule has 0 aromatic heterocycles. The van der Waals surface area contributed by atoms with E-state index >= 15 is 0 Å². The van der Waals surface area contributed by atoms with Gasteiger partial charge in [0.15, 0.2) is 0 Å². The number of likely N-dealkylation sites (N-methyl/N-ethyl adjacent to an activating group) is 1. The molecule has 1 saturated carbocycles. The lowest BCUT2D eigenvalue weighted by Gasteiger charge is -2.34. The summed E-state index contributed by atoms with van der Waals surface area (Å²) in [5.74, 6) is -2.45. The lowest BCUT2D eigenvalue weighted by molar-refractivity contribution is -0.163. The van der Waals surface area contributed by atoms with E-state index in [0.29, 0.717) is 25.7 Å². The molecule has 0 unspecified atom stereocenters. The highest BCUT2D eigenvalue weighted by molar-refractivity contribution is 6.02. The fourth-order valence-corrected chi connectivity index (χ4v) is 2.36. The third kappa shape index (κ3) is 2.79. The highest BCUT2D eigenvalue weighted by atomic mass is 16.5. The molecule has 7 heteroatoms. The second-order valence-corrected chi connectivity index (χ2v) is 4.64. The molecule has 0 radical (unpaired) electrons. The number of hydroxylamine groups is 1. The van der Waals surface area contributed by atoms with Gasteiger partial charge in [-0.2, -0.15) is 0 Å². The number of carboxylic acid groups (broad SMARTS) is 1. The SMILES string of the molecule is CN(CC(=O)NO)C(=O)C1(C(=O)O)CCCCC1. The highest BCUT2D eigenvalue weighted by Crippen LogP contribution is 2.38. The summed E-state index contributed by atoms with van der Waals surface area (Å²) in [6.07, 6.45) is 2.90. The average Bonchev–Trinajstić information content (AvgIpc) is 2.38. The van der Waals surface area contributed by atoms with Crippen molar-refractivity contribution in [3.05, 3.63) is 0 Å². The minimum atomic E-state index is -1.41. The van der Waals surface area contributed by atoms with Crippen molar-refractivity contribution < 1.29 is 24.7 Å². The number of hydrogen-bond donors (Lipinski definition) is 3. The van der Waals surface area contributed by atoms with Crippen molar-refractivity contribution in [1.29, 1.82) is 0 Å². The maximum Gasteiger partial charge on any atom is 0.319 e. The Kier molecular flexibility index (Phi) is 4.66. The third-order valence-corrected chi connectivity index (χ3v) is 3.38. The number of aliphatic carboxylic acids is 1. The van der Waals surface area contributed by atoms with Gasteiger partial charge in [0.2, 0.25) is 5.91 Å². The number of nitrogens with one attached hydrogen (secondary N) is 1. The number of carboxylic acids is 1. The predicted molar refractivity (Wildman–Crippen MR) is 60.7 cm³/mol. The highest BCUT2D eigenvalue weighted by Gasteiger charge is 2.48. The number of rotatable bonds is 4. The van der Waals surface area contributed by atoms with Crippen molar-refractivity contribution in [3.63, 3.8) is 0 Å². The molecule has 0 aromatic rings. The van der Waals surface area contributed by atoms with Crippen LogP contribution in [0.5, 0.6) is 0 Å². The van der Waals surface area contributed by atoms with E-state index in [1.807, 2.05) is 0 Å². The maximum absolute atomic E-state index is 12.2. The van der Waals surface area contributed by atoms with Gasteiger partial charge >= 0.3 is 5.97 Å². The Morgan fingerprint density at radius 3 is 2.22 bits per heavy atom. The number of carbonyl (C=O) groups is 3. The van der Waals surface area contributed by atoms with Gasteiger partial charge in [0.1, 0.15) is 12.0 Å². The first-order chi connectivity index (χ1) is 8.44. The van der Waals surface area contributed by atoms with Gasteiger partial charge in [-0.15, -0.1) is 0 Å². The normalized spacial score (nSPS) is 17.9. The number of carbonyl (C=O) groups excluding carboxylic acids is 2. The Balaban J connectivity index is 2.82. The maximum atomic E-state index is 12.2. The van der Waals surface area contributed by atoms with Crippen molar-refractivity contribution in [2.24, 2.45) is 5.41 Å². The third-order valence-electron chi connectivity index (χ3n) is 3.38. The van der Waals surface area contributed by atoms with Crippen LogP contribution in [0.4, 0.5) is 0 Å². The first-order valence-electron chi connectivity index (χ1n) is 5.86. The molecule has 1 rings (SSSR count). The lowest BCUT2D eigenvalue weighted by Crippen LogP contribution is -2.50. The fraction of sp³-hybridized carbons (Fsp3) is 0.727. The van der Waals surface area contributed by atoms with Crippen LogP contribution in [0.15, 0.2) is 0 Å². The van der Waals surface area contributed by atoms with Crippen molar-refractivity contribution in [3.8, 4) is 0 Å². The van der Waals surface area contributed by atoms with Gasteiger partial charge in [0.25, 0.3) is 5.91 Å². The molecule has 0 heterocycles. The molecule has 2 amide bonds. The van der Waals surface area contributed by atoms with Gasteiger partial charge in [-0.3, -0.25) is 19.6 Å². The van der Waals surface area contributed by atoms with E-state index in [-0.39, 0.29) is 6.54 Å². The van der Waals surface area contributed by atoms with Crippen molar-refractivity contribution in [2.45, 2.75) is 32.1 Å². The molecule has 0 atom stereocenters. The molecule has 0 aromatic carbocycles. The zero-order chi connectivity index (χ0) is 13.8. The zero-order valence-corrected chi connectivity index (χ0v) is 10.3. The van der Waals surface area contributed by atoms with Crippen LogP contribution < -0.4 is 5.48 Å². The van der Waals surface area contributed by atoms with Crippen LogP contribution in [0.25, 0.3) is 0 Å². The van der Waals surface area contributed by atoms with E-state index in [2.05, 4.69) is 0 Å². The smallest absolute Gasteiger partial charge is 0.319 e. The Bertz CT molecular complexity index is 349. The van der Waals surface area contributed by atoms with E-state index in [1.54, 1.807) is 0 Å². The molecule has 1 aliphatic rings. The molecule has 1 aliphatic carbocycles. The van der Waals surface area contributed by atoms with Crippen LogP contribution >= 0.6 is 0 Å². The van der Waals surface area contributed by atoms with E-state index < -0.39 is 23.2 Å². The largest absolute Gasteiger partial charge is 0.480 e. The Hall–Kier alpha value is -1.63. The molecular formula is C11H18N2O5. The number of amides is 2. The van der Waals surface area contributed by atoms with Gasteiger partial charge in [0, 0.05) is 7.05 Å². The van der Waals surface area contributed by atoms with Gasteiger partial charge in [-0.25, -0.2) is 5.48 Å². The van der Waals surface area contributed by atoms with Gasteiger partial charge in [-0.1, -0.05) is 19.3 Å². The molecule has 7 nitrogen and oxygen atoms in total. The Labute approximate surface area is 105 Å². The van der Waals surface area contributed by atoms with Gasteiger partial charge in [-0.05, 0) is 12.8 Å². The number of hydrogen-bond acceptors (Lipinski definition) is 4. The quantitative estimate of drug-likeness (QED) is 0.373. The van der Waals surface area contributed by atoms with Crippen LogP contribution in [0.3, 0.4) is 0 Å². The molecule has 0 spiro atoms. The van der Waals surface area contributed by atoms with Gasteiger partial charge in [0.05, 0.1) is 0 Å². The molecule has 18 heavy (non-hydrogen) atoms. The molecule has 0 bridgehead atoms. The standard InChI is InChI=1S/C11H18N2O5/c1-13(7-8(14)12-18)9(15)11(10(16)17)5-3-2-4-6-11/h18H,2-7H2,1H3,(H,12,14)(H,16,17).